The van der Waals surface area contributed by atoms with Gasteiger partial charge in [-0.2, -0.15) is 0 Å². The van der Waals surface area contributed by atoms with E-state index in [0.717, 1.165) is 18.6 Å². The smallest absolute Gasteiger partial charge is 0.151 e. The molecule has 1 N–H and O–H groups in total. The van der Waals surface area contributed by atoms with Gasteiger partial charge in [0.05, 0.1) is 5.75 Å². The molecule has 1 aromatic carbocycles. The zero-order valence-electron chi connectivity index (χ0n) is 12.1. The first kappa shape index (κ1) is 15.1. The molecule has 5 heteroatoms. The SMILES string of the molecule is CCNCc1cccc2c1ccn2CCS(=O)(=O)CC. The molecule has 0 amide bonds. The molecule has 20 heavy (non-hydrogen) atoms. The first-order valence-corrected chi connectivity index (χ1v) is 8.87. The van der Waals surface area contributed by atoms with Crippen LogP contribution >= 0.6 is 0 Å². The number of hydrogen-bond acceptors (Lipinski definition) is 3. The number of benzene rings is 1. The van der Waals surface area contributed by atoms with Crippen LogP contribution in [0.5, 0.6) is 0 Å². The number of fused-ring (bicyclic) bond motifs is 1. The summed E-state index contributed by atoms with van der Waals surface area (Å²) in [6.45, 7) is 6.07. The predicted octanol–water partition coefficient (Wildman–Crippen LogP) is 2.19. The Labute approximate surface area is 120 Å². The number of aryl methyl sites for hydroxylation is 1. The van der Waals surface area contributed by atoms with Crippen molar-refractivity contribution in [3.8, 4) is 0 Å². The van der Waals surface area contributed by atoms with Crippen LogP contribution < -0.4 is 5.32 Å². The van der Waals surface area contributed by atoms with Crippen molar-refractivity contribution in [2.45, 2.75) is 26.9 Å². The van der Waals surface area contributed by atoms with Crippen molar-refractivity contribution >= 4 is 20.7 Å². The molecule has 0 radical (unpaired) electrons. The van der Waals surface area contributed by atoms with Gasteiger partial charge in [-0.05, 0) is 24.2 Å². The van der Waals surface area contributed by atoms with E-state index in [4.69, 9.17) is 0 Å². The second-order valence-electron chi connectivity index (χ2n) is 4.88. The fourth-order valence-corrected chi connectivity index (χ4v) is 3.04. The van der Waals surface area contributed by atoms with Crippen LogP contribution in [0.15, 0.2) is 30.5 Å². The fraction of sp³-hybridized carbons (Fsp3) is 0.467. The van der Waals surface area contributed by atoms with E-state index in [1.807, 2.05) is 22.9 Å². The molecule has 110 valence electrons. The van der Waals surface area contributed by atoms with Crippen LogP contribution in [-0.2, 0) is 22.9 Å². The van der Waals surface area contributed by atoms with Crippen molar-refractivity contribution in [3.63, 3.8) is 0 Å². The second kappa shape index (κ2) is 6.41. The van der Waals surface area contributed by atoms with Crippen LogP contribution in [0.3, 0.4) is 0 Å². The topological polar surface area (TPSA) is 51.1 Å². The van der Waals surface area contributed by atoms with E-state index in [-0.39, 0.29) is 11.5 Å². The van der Waals surface area contributed by atoms with Crippen LogP contribution in [-0.4, -0.2) is 31.0 Å². The lowest BCUT2D eigenvalue weighted by molar-refractivity contribution is 0.591. The number of nitrogens with one attached hydrogen (secondary N) is 1. The standard InChI is InChI=1S/C15H22N2O2S/c1-3-16-12-13-6-5-7-15-14(13)8-9-17(15)10-11-20(18,19)4-2/h5-9,16H,3-4,10-12H2,1-2H3. The molecule has 0 atom stereocenters. The third-order valence-corrected chi connectivity index (χ3v) is 5.24. The molecule has 0 aliphatic rings. The lowest BCUT2D eigenvalue weighted by Gasteiger charge is -2.08. The lowest BCUT2D eigenvalue weighted by atomic mass is 10.1. The Bertz CT molecular complexity index is 674. The summed E-state index contributed by atoms with van der Waals surface area (Å²) in [6, 6.07) is 8.25. The minimum atomic E-state index is -2.92. The molecule has 2 rings (SSSR count). The van der Waals surface area contributed by atoms with Crippen molar-refractivity contribution in [2.24, 2.45) is 0 Å². The fourth-order valence-electron chi connectivity index (χ4n) is 2.28. The number of hydrogen-bond donors (Lipinski definition) is 1. The van der Waals surface area contributed by atoms with Crippen molar-refractivity contribution in [3.05, 3.63) is 36.0 Å². The van der Waals surface area contributed by atoms with Gasteiger partial charge in [-0.1, -0.05) is 26.0 Å². The summed E-state index contributed by atoms with van der Waals surface area (Å²) < 4.78 is 25.3. The Morgan fingerprint density at radius 2 is 2.00 bits per heavy atom. The van der Waals surface area contributed by atoms with Crippen LogP contribution in [0.4, 0.5) is 0 Å². The molecule has 0 saturated heterocycles. The average Bonchev–Trinajstić information content (AvgIpc) is 2.87. The summed E-state index contributed by atoms with van der Waals surface area (Å²) in [5.74, 6) is 0.405. The number of aromatic nitrogens is 1. The largest absolute Gasteiger partial charge is 0.346 e. The van der Waals surface area contributed by atoms with Crippen LogP contribution in [0.25, 0.3) is 10.9 Å². The highest BCUT2D eigenvalue weighted by Crippen LogP contribution is 2.20. The van der Waals surface area contributed by atoms with Crippen LogP contribution in [0.2, 0.25) is 0 Å². The maximum atomic E-state index is 11.6. The third-order valence-electron chi connectivity index (χ3n) is 3.55. The number of nitrogens with zero attached hydrogens (tertiary/aromatic N) is 1. The van der Waals surface area contributed by atoms with Gasteiger partial charge in [0.15, 0.2) is 9.84 Å². The minimum Gasteiger partial charge on any atom is -0.346 e. The molecule has 1 heterocycles. The van der Waals surface area contributed by atoms with E-state index in [1.165, 1.54) is 10.9 Å². The quantitative estimate of drug-likeness (QED) is 0.851. The Balaban J connectivity index is 2.24. The molecule has 0 saturated carbocycles. The maximum absolute atomic E-state index is 11.6. The zero-order chi connectivity index (χ0) is 14.6. The summed E-state index contributed by atoms with van der Waals surface area (Å²) in [5.41, 5.74) is 2.35. The Hall–Kier alpha value is -1.33. The molecule has 0 spiro atoms. The molecular formula is C15H22N2O2S. The van der Waals surface area contributed by atoms with Crippen molar-refractivity contribution in [1.29, 1.82) is 0 Å². The van der Waals surface area contributed by atoms with Gasteiger partial charge in [-0.25, -0.2) is 8.42 Å². The highest BCUT2D eigenvalue weighted by Gasteiger charge is 2.10. The normalized spacial score (nSPS) is 12.1. The molecule has 0 fully saturated rings. The van der Waals surface area contributed by atoms with Gasteiger partial charge in [0.2, 0.25) is 0 Å². The molecule has 2 aromatic rings. The molecule has 4 nitrogen and oxygen atoms in total. The Morgan fingerprint density at radius 1 is 1.20 bits per heavy atom. The van der Waals surface area contributed by atoms with E-state index in [0.29, 0.717) is 6.54 Å². The summed E-state index contributed by atoms with van der Waals surface area (Å²) in [7, 11) is -2.92. The highest BCUT2D eigenvalue weighted by molar-refractivity contribution is 7.91. The molecule has 0 bridgehead atoms. The lowest BCUT2D eigenvalue weighted by Crippen LogP contribution is -2.14. The maximum Gasteiger partial charge on any atom is 0.151 e. The van der Waals surface area contributed by atoms with Gasteiger partial charge < -0.3 is 9.88 Å². The Kier molecular flexibility index (Phi) is 4.83. The predicted molar refractivity (Wildman–Crippen MR) is 83.6 cm³/mol. The Morgan fingerprint density at radius 3 is 2.70 bits per heavy atom. The van der Waals surface area contributed by atoms with Gasteiger partial charge >= 0.3 is 0 Å². The summed E-state index contributed by atoms with van der Waals surface area (Å²) >= 11 is 0. The molecule has 0 aliphatic heterocycles. The zero-order valence-corrected chi connectivity index (χ0v) is 12.9. The summed E-state index contributed by atoms with van der Waals surface area (Å²) in [5, 5.41) is 4.52. The van der Waals surface area contributed by atoms with Crippen molar-refractivity contribution < 1.29 is 8.42 Å². The van der Waals surface area contributed by atoms with E-state index >= 15 is 0 Å². The third kappa shape index (κ3) is 3.41. The highest BCUT2D eigenvalue weighted by atomic mass is 32.2. The van der Waals surface area contributed by atoms with Crippen LogP contribution in [0, 0.1) is 0 Å². The minimum absolute atomic E-state index is 0.199. The molecule has 0 aliphatic carbocycles. The van der Waals surface area contributed by atoms with Gasteiger partial charge in [0, 0.05) is 35.9 Å². The molecule has 0 unspecified atom stereocenters. The van der Waals surface area contributed by atoms with Gasteiger partial charge in [0.25, 0.3) is 0 Å². The summed E-state index contributed by atoms with van der Waals surface area (Å²) in [6.07, 6.45) is 1.98. The van der Waals surface area contributed by atoms with Gasteiger partial charge in [-0.3, -0.25) is 0 Å². The molecular weight excluding hydrogens is 272 g/mol. The number of sulfone groups is 1. The summed E-state index contributed by atoms with van der Waals surface area (Å²) in [4.78, 5) is 0. The first-order valence-electron chi connectivity index (χ1n) is 7.05. The van der Waals surface area contributed by atoms with E-state index in [2.05, 4.69) is 24.4 Å². The monoisotopic (exact) mass is 294 g/mol. The van der Waals surface area contributed by atoms with Gasteiger partial charge in [-0.15, -0.1) is 0 Å². The van der Waals surface area contributed by atoms with E-state index < -0.39 is 9.84 Å². The molecule has 1 aromatic heterocycles. The average molecular weight is 294 g/mol. The first-order chi connectivity index (χ1) is 9.57. The van der Waals surface area contributed by atoms with E-state index in [9.17, 15) is 8.42 Å². The number of rotatable bonds is 7. The van der Waals surface area contributed by atoms with Gasteiger partial charge in [0.1, 0.15) is 0 Å². The second-order valence-corrected chi connectivity index (χ2v) is 7.35. The van der Waals surface area contributed by atoms with Crippen molar-refractivity contribution in [2.75, 3.05) is 18.1 Å². The van der Waals surface area contributed by atoms with Crippen molar-refractivity contribution in [1.82, 2.24) is 9.88 Å². The van der Waals surface area contributed by atoms with Crippen LogP contribution in [0.1, 0.15) is 19.4 Å². The van der Waals surface area contributed by atoms with E-state index in [1.54, 1.807) is 6.92 Å².